The zero-order valence-corrected chi connectivity index (χ0v) is 18.2. The van der Waals surface area contributed by atoms with E-state index in [0.29, 0.717) is 11.8 Å². The Morgan fingerprint density at radius 2 is 1.97 bits per heavy atom. The summed E-state index contributed by atoms with van der Waals surface area (Å²) in [7, 11) is 0. The molecule has 0 bridgehead atoms. The van der Waals surface area contributed by atoms with Crippen molar-refractivity contribution in [2.24, 2.45) is 0 Å². The van der Waals surface area contributed by atoms with E-state index in [1.807, 2.05) is 35.7 Å². The lowest BCUT2D eigenvalue weighted by atomic mass is 10.2. The lowest BCUT2D eigenvalue weighted by Gasteiger charge is -2.26. The van der Waals surface area contributed by atoms with E-state index in [-0.39, 0.29) is 5.25 Å². The van der Waals surface area contributed by atoms with Crippen molar-refractivity contribution in [3.8, 4) is 10.8 Å². The molecular formula is C21H21N5O2S2. The Kier molecular flexibility index (Phi) is 5.76. The molecule has 0 saturated carbocycles. The van der Waals surface area contributed by atoms with Crippen molar-refractivity contribution in [2.75, 3.05) is 26.3 Å². The fraction of sp³-hybridized carbons (Fsp3) is 0.333. The van der Waals surface area contributed by atoms with E-state index in [2.05, 4.69) is 28.1 Å². The van der Waals surface area contributed by atoms with Crippen LogP contribution in [-0.2, 0) is 11.3 Å². The summed E-state index contributed by atoms with van der Waals surface area (Å²) in [5.74, 6) is 1.99. The Hall–Kier alpha value is -2.33. The third kappa shape index (κ3) is 4.24. The molecule has 1 fully saturated rings. The molecular weight excluding hydrogens is 418 g/mol. The lowest BCUT2D eigenvalue weighted by molar-refractivity contribution is 0.0330. The van der Waals surface area contributed by atoms with Crippen LogP contribution in [0.25, 0.3) is 21.7 Å². The molecule has 3 aromatic heterocycles. The van der Waals surface area contributed by atoms with Gasteiger partial charge in [0.2, 0.25) is 5.89 Å². The Morgan fingerprint density at radius 1 is 1.10 bits per heavy atom. The number of aromatic nitrogens is 4. The van der Waals surface area contributed by atoms with Gasteiger partial charge in [0.1, 0.15) is 10.9 Å². The van der Waals surface area contributed by atoms with Crippen molar-refractivity contribution in [1.29, 1.82) is 0 Å². The third-order valence-electron chi connectivity index (χ3n) is 4.89. The van der Waals surface area contributed by atoms with Gasteiger partial charge in [0.05, 0.1) is 35.4 Å². The number of ether oxygens (including phenoxy) is 1. The van der Waals surface area contributed by atoms with E-state index in [1.54, 1.807) is 23.1 Å². The average molecular weight is 440 g/mol. The van der Waals surface area contributed by atoms with Crippen LogP contribution in [0.5, 0.6) is 0 Å². The SMILES string of the molecule is CC(Sc1nc(CN2CCOCC2)nc2ccccc12)c1nnc(-c2cccs2)o1. The van der Waals surface area contributed by atoms with Gasteiger partial charge in [-0.25, -0.2) is 9.97 Å². The number of rotatable bonds is 6. The highest BCUT2D eigenvalue weighted by Gasteiger charge is 2.20. The van der Waals surface area contributed by atoms with Crippen LogP contribution in [0.15, 0.2) is 51.2 Å². The van der Waals surface area contributed by atoms with E-state index < -0.39 is 0 Å². The number of benzene rings is 1. The van der Waals surface area contributed by atoms with Crippen LogP contribution in [0.2, 0.25) is 0 Å². The molecule has 9 heteroatoms. The fourth-order valence-corrected chi connectivity index (χ4v) is 4.96. The fourth-order valence-electron chi connectivity index (χ4n) is 3.33. The highest BCUT2D eigenvalue weighted by Crippen LogP contribution is 2.37. The molecule has 154 valence electrons. The molecule has 30 heavy (non-hydrogen) atoms. The molecule has 4 heterocycles. The minimum Gasteiger partial charge on any atom is -0.419 e. The number of nitrogens with zero attached hydrogens (tertiary/aromatic N) is 5. The minimum absolute atomic E-state index is 0.0271. The Bertz CT molecular complexity index is 1130. The van der Waals surface area contributed by atoms with Crippen LogP contribution >= 0.6 is 23.1 Å². The molecule has 7 nitrogen and oxygen atoms in total. The number of thiophene rings is 1. The zero-order valence-electron chi connectivity index (χ0n) is 16.5. The standard InChI is InChI=1S/C21H21N5O2S2/c1-14(19-24-25-20(28-19)17-7-4-12-29-17)30-21-15-5-2-3-6-16(15)22-18(23-21)13-26-8-10-27-11-9-26/h2-7,12,14H,8-11,13H2,1H3. The number of fused-ring (bicyclic) bond motifs is 1. The molecule has 1 aliphatic heterocycles. The van der Waals surface area contributed by atoms with Crippen LogP contribution in [0, 0.1) is 0 Å². The summed E-state index contributed by atoms with van der Waals surface area (Å²) in [6, 6.07) is 12.1. The summed E-state index contributed by atoms with van der Waals surface area (Å²) in [4.78, 5) is 13.0. The maximum absolute atomic E-state index is 5.93. The largest absolute Gasteiger partial charge is 0.419 e. The first-order chi connectivity index (χ1) is 14.8. The van der Waals surface area contributed by atoms with E-state index in [0.717, 1.165) is 59.5 Å². The number of thioether (sulfide) groups is 1. The lowest BCUT2D eigenvalue weighted by Crippen LogP contribution is -2.36. The Morgan fingerprint density at radius 3 is 2.80 bits per heavy atom. The van der Waals surface area contributed by atoms with Gasteiger partial charge in [-0.05, 0) is 24.4 Å². The van der Waals surface area contributed by atoms with Gasteiger partial charge in [0.25, 0.3) is 5.89 Å². The first-order valence-electron chi connectivity index (χ1n) is 9.86. The molecule has 5 rings (SSSR count). The zero-order chi connectivity index (χ0) is 20.3. The predicted octanol–water partition coefficient (Wildman–Crippen LogP) is 4.43. The van der Waals surface area contributed by atoms with E-state index >= 15 is 0 Å². The van der Waals surface area contributed by atoms with E-state index in [9.17, 15) is 0 Å². The van der Waals surface area contributed by atoms with E-state index in [1.165, 1.54) is 0 Å². The van der Waals surface area contributed by atoms with Gasteiger partial charge in [-0.3, -0.25) is 4.90 Å². The molecule has 4 aromatic rings. The van der Waals surface area contributed by atoms with Crippen molar-refractivity contribution >= 4 is 34.0 Å². The molecule has 1 aliphatic rings. The second kappa shape index (κ2) is 8.81. The smallest absolute Gasteiger partial charge is 0.257 e. The molecule has 0 radical (unpaired) electrons. The summed E-state index contributed by atoms with van der Waals surface area (Å²) < 4.78 is 11.4. The molecule has 1 saturated heterocycles. The molecule has 0 amide bonds. The molecule has 1 atom stereocenters. The van der Waals surface area contributed by atoms with Crippen molar-refractivity contribution in [2.45, 2.75) is 23.7 Å². The van der Waals surface area contributed by atoms with Crippen LogP contribution in [0.3, 0.4) is 0 Å². The van der Waals surface area contributed by atoms with Gasteiger partial charge in [0.15, 0.2) is 0 Å². The Labute approximate surface area is 182 Å². The first-order valence-corrected chi connectivity index (χ1v) is 11.6. The molecule has 1 aromatic carbocycles. The minimum atomic E-state index is -0.0271. The van der Waals surface area contributed by atoms with Crippen LogP contribution < -0.4 is 0 Å². The number of hydrogen-bond acceptors (Lipinski definition) is 9. The maximum Gasteiger partial charge on any atom is 0.257 e. The topological polar surface area (TPSA) is 77.2 Å². The van der Waals surface area contributed by atoms with Gasteiger partial charge < -0.3 is 9.15 Å². The molecule has 1 unspecified atom stereocenters. The van der Waals surface area contributed by atoms with E-state index in [4.69, 9.17) is 19.1 Å². The number of para-hydroxylation sites is 1. The van der Waals surface area contributed by atoms with Gasteiger partial charge in [-0.15, -0.1) is 21.5 Å². The van der Waals surface area contributed by atoms with Gasteiger partial charge >= 0.3 is 0 Å². The van der Waals surface area contributed by atoms with Crippen molar-refractivity contribution in [3.63, 3.8) is 0 Å². The summed E-state index contributed by atoms with van der Waals surface area (Å²) in [6.07, 6.45) is 0. The van der Waals surface area contributed by atoms with Gasteiger partial charge in [0, 0.05) is 18.5 Å². The molecule has 0 spiro atoms. The second-order valence-electron chi connectivity index (χ2n) is 7.03. The third-order valence-corrected chi connectivity index (χ3v) is 6.84. The average Bonchev–Trinajstić information content (AvgIpc) is 3.46. The number of morpholine rings is 1. The second-order valence-corrected chi connectivity index (χ2v) is 9.31. The Balaban J connectivity index is 1.41. The summed E-state index contributed by atoms with van der Waals surface area (Å²) >= 11 is 3.21. The first kappa shape index (κ1) is 19.6. The van der Waals surface area contributed by atoms with Crippen LogP contribution in [0.4, 0.5) is 0 Å². The van der Waals surface area contributed by atoms with Crippen molar-refractivity contribution in [3.05, 3.63) is 53.5 Å². The molecule has 0 N–H and O–H groups in total. The van der Waals surface area contributed by atoms with Crippen molar-refractivity contribution < 1.29 is 9.15 Å². The number of hydrogen-bond donors (Lipinski definition) is 0. The van der Waals surface area contributed by atoms with Gasteiger partial charge in [-0.1, -0.05) is 36.0 Å². The summed E-state index contributed by atoms with van der Waals surface area (Å²) in [5, 5.41) is 12.4. The van der Waals surface area contributed by atoms with Crippen molar-refractivity contribution in [1.82, 2.24) is 25.1 Å². The van der Waals surface area contributed by atoms with Gasteiger partial charge in [-0.2, -0.15) is 0 Å². The van der Waals surface area contributed by atoms with Crippen LogP contribution in [-0.4, -0.2) is 51.4 Å². The molecule has 0 aliphatic carbocycles. The summed E-state index contributed by atoms with van der Waals surface area (Å²) in [5.41, 5.74) is 0.954. The maximum atomic E-state index is 5.93. The van der Waals surface area contributed by atoms with Crippen LogP contribution in [0.1, 0.15) is 23.9 Å². The highest BCUT2D eigenvalue weighted by molar-refractivity contribution is 7.99. The highest BCUT2D eigenvalue weighted by atomic mass is 32.2. The monoisotopic (exact) mass is 439 g/mol. The summed E-state index contributed by atoms with van der Waals surface area (Å²) in [6.45, 7) is 6.12. The normalized spacial score (nSPS) is 16.2. The predicted molar refractivity (Wildman–Crippen MR) is 118 cm³/mol. The quantitative estimate of drug-likeness (QED) is 0.323.